The number of carboxylic acids is 1. The van der Waals surface area contributed by atoms with Gasteiger partial charge in [-0.15, -0.1) is 5.75 Å². The second-order valence-electron chi connectivity index (χ2n) is 5.58. The number of methoxy groups -OCH3 is 2. The molecule has 0 saturated carbocycles. The highest BCUT2D eigenvalue weighted by Gasteiger charge is 2.34. The van der Waals surface area contributed by atoms with Crippen LogP contribution in [0.3, 0.4) is 0 Å². The molecule has 1 aliphatic rings. The minimum absolute atomic E-state index is 0.0604. The molecule has 0 atom stereocenters. The zero-order valence-corrected chi connectivity index (χ0v) is 16.4. The summed E-state index contributed by atoms with van der Waals surface area (Å²) in [6.45, 7) is 0. The smallest absolute Gasteiger partial charge is 0.340 e. The molecule has 1 heterocycles. The number of rotatable bonds is 5. The Hall–Kier alpha value is -3.04. The number of amides is 1. The van der Waals surface area contributed by atoms with Crippen LogP contribution in [0.5, 0.6) is 17.2 Å². The Morgan fingerprint density at radius 1 is 1.18 bits per heavy atom. The Morgan fingerprint density at radius 2 is 1.86 bits per heavy atom. The fourth-order valence-electron chi connectivity index (χ4n) is 2.71. The molecule has 144 valence electrons. The quantitative estimate of drug-likeness (QED) is 0.587. The molecule has 0 spiro atoms. The van der Waals surface area contributed by atoms with Crippen molar-refractivity contribution in [3.05, 3.63) is 52.4 Å². The molecule has 7 nitrogen and oxygen atoms in total. The number of hydrogen-bond acceptors (Lipinski definition) is 7. The van der Waals surface area contributed by atoms with E-state index in [9.17, 15) is 19.8 Å². The molecule has 0 unspecified atom stereocenters. The molecule has 1 aliphatic heterocycles. The molecule has 28 heavy (non-hydrogen) atoms. The minimum Gasteiger partial charge on any atom is -0.872 e. The van der Waals surface area contributed by atoms with Crippen molar-refractivity contribution in [2.45, 2.75) is 0 Å². The first-order valence-corrected chi connectivity index (χ1v) is 9.13. The molecule has 0 aliphatic carbocycles. The van der Waals surface area contributed by atoms with Crippen LogP contribution >= 0.6 is 24.0 Å². The standard InChI is InChI=1S/C19H15NO6S2/c1-25-13-8-3-10(15(18(23)24)16(13)26-2)9-14-17(22)20(19(27)28-14)11-4-6-12(21)7-5-11/h3-9,21H,1-2H3,(H,23,24)/p-1. The van der Waals surface area contributed by atoms with Crippen molar-refractivity contribution < 1.29 is 29.3 Å². The number of thioether (sulfide) groups is 1. The molecule has 1 fully saturated rings. The fourth-order valence-corrected chi connectivity index (χ4v) is 4.00. The van der Waals surface area contributed by atoms with Crippen LogP contribution in [-0.2, 0) is 4.79 Å². The third kappa shape index (κ3) is 3.54. The number of carbonyl (C=O) groups excluding carboxylic acids is 1. The molecule has 2 aromatic carbocycles. The van der Waals surface area contributed by atoms with Crippen LogP contribution in [0.1, 0.15) is 15.9 Å². The van der Waals surface area contributed by atoms with E-state index in [4.69, 9.17) is 21.7 Å². The number of hydrogen-bond donors (Lipinski definition) is 1. The summed E-state index contributed by atoms with van der Waals surface area (Å²) in [4.78, 5) is 26.2. The van der Waals surface area contributed by atoms with E-state index in [0.29, 0.717) is 5.69 Å². The van der Waals surface area contributed by atoms with Gasteiger partial charge >= 0.3 is 5.97 Å². The van der Waals surface area contributed by atoms with Gasteiger partial charge < -0.3 is 19.7 Å². The summed E-state index contributed by atoms with van der Waals surface area (Å²) in [5.74, 6) is -1.47. The first-order chi connectivity index (χ1) is 13.4. The number of carbonyl (C=O) groups is 2. The van der Waals surface area contributed by atoms with Gasteiger partial charge in [-0.05, 0) is 29.8 Å². The van der Waals surface area contributed by atoms with Crippen LogP contribution in [0.2, 0.25) is 0 Å². The van der Waals surface area contributed by atoms with Crippen molar-refractivity contribution in [1.29, 1.82) is 0 Å². The first kappa shape index (κ1) is 19.7. The van der Waals surface area contributed by atoms with Crippen molar-refractivity contribution in [3.63, 3.8) is 0 Å². The Kier molecular flexibility index (Phi) is 5.57. The summed E-state index contributed by atoms with van der Waals surface area (Å²) >= 11 is 6.33. The summed E-state index contributed by atoms with van der Waals surface area (Å²) in [7, 11) is 2.74. The highest BCUT2D eigenvalue weighted by Crippen LogP contribution is 2.39. The van der Waals surface area contributed by atoms with Gasteiger partial charge in [0.2, 0.25) is 0 Å². The first-order valence-electron chi connectivity index (χ1n) is 7.90. The Balaban J connectivity index is 2.05. The van der Waals surface area contributed by atoms with Gasteiger partial charge in [-0.3, -0.25) is 9.69 Å². The molecule has 2 aromatic rings. The molecule has 1 N–H and O–H groups in total. The zero-order valence-electron chi connectivity index (χ0n) is 14.8. The third-order valence-corrected chi connectivity index (χ3v) is 5.27. The van der Waals surface area contributed by atoms with E-state index < -0.39 is 11.9 Å². The largest absolute Gasteiger partial charge is 0.872 e. The lowest BCUT2D eigenvalue weighted by molar-refractivity contribution is -0.268. The van der Waals surface area contributed by atoms with Gasteiger partial charge in [-0.25, -0.2) is 4.79 Å². The van der Waals surface area contributed by atoms with Crippen LogP contribution in [0.25, 0.3) is 6.08 Å². The summed E-state index contributed by atoms with van der Waals surface area (Å²) in [6, 6.07) is 8.79. The zero-order chi connectivity index (χ0) is 20.4. The van der Waals surface area contributed by atoms with Crippen LogP contribution in [0.15, 0.2) is 41.3 Å². The molecular formula is C19H14NO6S2-. The number of ether oxygens (including phenoxy) is 2. The van der Waals surface area contributed by atoms with Gasteiger partial charge in [0.1, 0.15) is 5.56 Å². The van der Waals surface area contributed by atoms with Crippen LogP contribution in [0, 0.1) is 0 Å². The predicted molar refractivity (Wildman–Crippen MR) is 108 cm³/mol. The van der Waals surface area contributed by atoms with Crippen molar-refractivity contribution in [2.24, 2.45) is 0 Å². The summed E-state index contributed by atoms with van der Waals surface area (Å²) in [6.07, 6.45) is 1.45. The Bertz CT molecular complexity index is 1000. The Labute approximate surface area is 170 Å². The van der Waals surface area contributed by atoms with E-state index in [1.807, 2.05) is 0 Å². The van der Waals surface area contributed by atoms with Gasteiger partial charge in [-0.1, -0.05) is 42.2 Å². The maximum atomic E-state index is 12.8. The lowest BCUT2D eigenvalue weighted by atomic mass is 10.0. The molecule has 9 heteroatoms. The number of nitrogens with zero attached hydrogens (tertiary/aromatic N) is 1. The molecule has 1 saturated heterocycles. The summed E-state index contributed by atoms with van der Waals surface area (Å²) in [5, 5.41) is 20.9. The normalized spacial score (nSPS) is 15.2. The van der Waals surface area contributed by atoms with Gasteiger partial charge in [0.25, 0.3) is 5.91 Å². The minimum atomic E-state index is -1.22. The van der Waals surface area contributed by atoms with Gasteiger partial charge in [0.05, 0.1) is 24.8 Å². The Morgan fingerprint density at radius 3 is 2.43 bits per heavy atom. The average Bonchev–Trinajstić information content (AvgIpc) is 2.95. The van der Waals surface area contributed by atoms with E-state index >= 15 is 0 Å². The van der Waals surface area contributed by atoms with Gasteiger partial charge in [0.15, 0.2) is 15.8 Å². The maximum absolute atomic E-state index is 12.8. The lowest BCUT2D eigenvalue weighted by Crippen LogP contribution is -2.27. The molecular weight excluding hydrogens is 402 g/mol. The number of carboxylic acid groups (broad SMARTS) is 1. The number of benzene rings is 2. The SMILES string of the molecule is COc1ccc(C=C2SC(=S)N(c3ccc([O-])cc3)C2=O)c(C(=O)O)c1OC. The van der Waals surface area contributed by atoms with E-state index in [1.54, 1.807) is 6.07 Å². The van der Waals surface area contributed by atoms with E-state index in [2.05, 4.69) is 0 Å². The topological polar surface area (TPSA) is 99.1 Å². The van der Waals surface area contributed by atoms with E-state index in [1.165, 1.54) is 55.5 Å². The van der Waals surface area contributed by atoms with Crippen molar-refractivity contribution in [3.8, 4) is 17.2 Å². The summed E-state index contributed by atoms with van der Waals surface area (Å²) < 4.78 is 10.6. The van der Waals surface area contributed by atoms with Gasteiger partial charge in [-0.2, -0.15) is 0 Å². The number of aromatic carboxylic acids is 1. The molecule has 0 bridgehead atoms. The van der Waals surface area contributed by atoms with Crippen LogP contribution in [0.4, 0.5) is 5.69 Å². The highest BCUT2D eigenvalue weighted by molar-refractivity contribution is 8.27. The second kappa shape index (κ2) is 7.91. The molecule has 1 amide bonds. The second-order valence-corrected chi connectivity index (χ2v) is 7.26. The van der Waals surface area contributed by atoms with Crippen LogP contribution in [-0.4, -0.2) is 35.5 Å². The number of thiocarbonyl (C=S) groups is 1. The van der Waals surface area contributed by atoms with Crippen LogP contribution < -0.4 is 19.5 Å². The van der Waals surface area contributed by atoms with Gasteiger partial charge in [0, 0.05) is 0 Å². The predicted octanol–water partition coefficient (Wildman–Crippen LogP) is 2.88. The van der Waals surface area contributed by atoms with Crippen molar-refractivity contribution in [1.82, 2.24) is 0 Å². The third-order valence-electron chi connectivity index (χ3n) is 3.97. The van der Waals surface area contributed by atoms with E-state index in [-0.39, 0.29) is 37.6 Å². The summed E-state index contributed by atoms with van der Waals surface area (Å²) in [5.41, 5.74) is 0.625. The van der Waals surface area contributed by atoms with Crippen molar-refractivity contribution >= 4 is 51.9 Å². The highest BCUT2D eigenvalue weighted by atomic mass is 32.2. The molecule has 3 rings (SSSR count). The average molecular weight is 416 g/mol. The molecule has 0 aromatic heterocycles. The maximum Gasteiger partial charge on any atom is 0.340 e. The molecule has 0 radical (unpaired) electrons. The van der Waals surface area contributed by atoms with Crippen molar-refractivity contribution in [2.75, 3.05) is 19.1 Å². The number of anilines is 1. The fraction of sp³-hybridized carbons (Fsp3) is 0.105. The van der Waals surface area contributed by atoms with E-state index in [0.717, 1.165) is 11.8 Å². The monoisotopic (exact) mass is 416 g/mol. The lowest BCUT2D eigenvalue weighted by Gasteiger charge is -2.16.